The average Bonchev–Trinajstić information content (AvgIpc) is 2.97. The van der Waals surface area contributed by atoms with Crippen LogP contribution in [0.5, 0.6) is 0 Å². The van der Waals surface area contributed by atoms with Crippen molar-refractivity contribution in [2.24, 2.45) is 0 Å². The molecule has 0 spiro atoms. The van der Waals surface area contributed by atoms with Gasteiger partial charge in [0.25, 0.3) is 5.91 Å². The molecular weight excluding hydrogens is 389 g/mol. The Kier molecular flexibility index (Phi) is 4.34. The van der Waals surface area contributed by atoms with Gasteiger partial charge in [-0.25, -0.2) is 22.3 Å². The molecule has 1 saturated heterocycles. The number of carbonyl (C=O) groups excluding carboxylic acids is 1. The van der Waals surface area contributed by atoms with Crippen LogP contribution in [0.25, 0.3) is 5.65 Å². The molecule has 0 saturated carbocycles. The van der Waals surface area contributed by atoms with Crippen molar-refractivity contribution in [3.8, 4) is 0 Å². The highest BCUT2D eigenvalue weighted by molar-refractivity contribution is 7.91. The lowest BCUT2D eigenvalue weighted by molar-refractivity contribution is 0.102. The quantitative estimate of drug-likeness (QED) is 0.636. The minimum Gasteiger partial charge on any atom is -0.381 e. The van der Waals surface area contributed by atoms with E-state index in [2.05, 4.69) is 20.4 Å². The van der Waals surface area contributed by atoms with Gasteiger partial charge in [0.15, 0.2) is 27.1 Å². The summed E-state index contributed by atoms with van der Waals surface area (Å²) in [5, 5.41) is 6.62. The summed E-state index contributed by atoms with van der Waals surface area (Å²) >= 11 is 0. The standard InChI is InChI=1S/C16H16FN7O3S/c17-10-7-20-15-13(14(18)22-24(15)9-10)16(25)21-11-8-19-2-1-12(11)23-3-5-28(26,27)6-4-23/h1-2,7-9H,3-6H2,(H2,18,22)(H,21,25). The molecule has 3 N–H and O–H groups in total. The number of halogens is 1. The van der Waals surface area contributed by atoms with Crippen LogP contribution in [0.15, 0.2) is 30.9 Å². The predicted octanol–water partition coefficient (Wildman–Crippen LogP) is 0.333. The summed E-state index contributed by atoms with van der Waals surface area (Å²) < 4.78 is 37.7. The van der Waals surface area contributed by atoms with Gasteiger partial charge < -0.3 is 16.0 Å². The SMILES string of the molecule is Nc1nn2cc(F)cnc2c1C(=O)Nc1cnccc1N1CCS(=O)(=O)CC1. The number of nitrogen functional groups attached to an aromatic ring is 1. The fourth-order valence-electron chi connectivity index (χ4n) is 3.04. The number of fused-ring (bicyclic) bond motifs is 1. The molecule has 1 aliphatic heterocycles. The van der Waals surface area contributed by atoms with E-state index in [1.807, 2.05) is 4.90 Å². The third-order valence-corrected chi connectivity index (χ3v) is 6.04. The molecule has 0 aliphatic carbocycles. The van der Waals surface area contributed by atoms with Crippen LogP contribution in [0.1, 0.15) is 10.4 Å². The smallest absolute Gasteiger partial charge is 0.263 e. The third kappa shape index (κ3) is 3.33. The van der Waals surface area contributed by atoms with Crippen molar-refractivity contribution < 1.29 is 17.6 Å². The van der Waals surface area contributed by atoms with Crippen molar-refractivity contribution in [3.63, 3.8) is 0 Å². The maximum absolute atomic E-state index is 13.3. The zero-order valence-electron chi connectivity index (χ0n) is 14.5. The Balaban J connectivity index is 1.64. The van der Waals surface area contributed by atoms with E-state index in [-0.39, 0.29) is 28.5 Å². The average molecular weight is 405 g/mol. The van der Waals surface area contributed by atoms with Crippen molar-refractivity contribution >= 4 is 38.6 Å². The van der Waals surface area contributed by atoms with Gasteiger partial charge in [-0.1, -0.05) is 0 Å². The van der Waals surface area contributed by atoms with Gasteiger partial charge in [-0.05, 0) is 6.07 Å². The molecule has 0 unspecified atom stereocenters. The molecule has 4 rings (SSSR count). The highest BCUT2D eigenvalue weighted by atomic mass is 32.2. The molecule has 0 radical (unpaired) electrons. The number of sulfone groups is 1. The fourth-order valence-corrected chi connectivity index (χ4v) is 4.25. The number of nitrogens with zero attached hydrogens (tertiary/aromatic N) is 5. The van der Waals surface area contributed by atoms with E-state index < -0.39 is 21.6 Å². The van der Waals surface area contributed by atoms with Crippen LogP contribution in [0, 0.1) is 5.82 Å². The molecule has 28 heavy (non-hydrogen) atoms. The number of hydrogen-bond donors (Lipinski definition) is 2. The van der Waals surface area contributed by atoms with Crippen molar-refractivity contribution in [2.75, 3.05) is 40.5 Å². The number of amides is 1. The summed E-state index contributed by atoms with van der Waals surface area (Å²) in [5.41, 5.74) is 6.99. The summed E-state index contributed by atoms with van der Waals surface area (Å²) in [6.45, 7) is 0.629. The Hall–Kier alpha value is -3.28. The Morgan fingerprint density at radius 2 is 2.00 bits per heavy atom. The molecule has 0 atom stereocenters. The molecule has 0 aromatic carbocycles. The first-order valence-electron chi connectivity index (χ1n) is 8.34. The van der Waals surface area contributed by atoms with Gasteiger partial charge in [-0.15, -0.1) is 5.10 Å². The normalized spacial score (nSPS) is 16.2. The molecular formula is C16H16FN7O3S. The Morgan fingerprint density at radius 3 is 2.75 bits per heavy atom. The first kappa shape index (κ1) is 18.1. The summed E-state index contributed by atoms with van der Waals surface area (Å²) in [6.07, 6.45) is 5.06. The third-order valence-electron chi connectivity index (χ3n) is 4.43. The number of nitrogens with two attached hydrogens (primary N) is 1. The number of anilines is 3. The number of aromatic nitrogens is 4. The van der Waals surface area contributed by atoms with Crippen molar-refractivity contribution in [2.45, 2.75) is 0 Å². The van der Waals surface area contributed by atoms with Crippen LogP contribution in [0.3, 0.4) is 0 Å². The first-order chi connectivity index (χ1) is 13.3. The Labute approximate surface area is 159 Å². The van der Waals surface area contributed by atoms with Crippen LogP contribution >= 0.6 is 0 Å². The number of rotatable bonds is 3. The molecule has 1 amide bonds. The van der Waals surface area contributed by atoms with Gasteiger partial charge in [-0.3, -0.25) is 9.78 Å². The fraction of sp³-hybridized carbons (Fsp3) is 0.250. The molecule has 3 aromatic heterocycles. The summed E-state index contributed by atoms with van der Waals surface area (Å²) in [4.78, 5) is 22.6. The van der Waals surface area contributed by atoms with Crippen LogP contribution in [0.4, 0.5) is 21.6 Å². The Bertz CT molecular complexity index is 1160. The maximum Gasteiger partial charge on any atom is 0.263 e. The lowest BCUT2D eigenvalue weighted by Gasteiger charge is -2.30. The van der Waals surface area contributed by atoms with E-state index in [1.165, 1.54) is 6.20 Å². The van der Waals surface area contributed by atoms with Gasteiger partial charge >= 0.3 is 0 Å². The van der Waals surface area contributed by atoms with E-state index in [1.54, 1.807) is 12.3 Å². The van der Waals surface area contributed by atoms with E-state index in [0.717, 1.165) is 16.9 Å². The van der Waals surface area contributed by atoms with Crippen LogP contribution in [-0.2, 0) is 9.84 Å². The van der Waals surface area contributed by atoms with Gasteiger partial charge in [0, 0.05) is 19.3 Å². The van der Waals surface area contributed by atoms with E-state index in [4.69, 9.17) is 5.73 Å². The van der Waals surface area contributed by atoms with E-state index in [0.29, 0.717) is 24.5 Å². The lowest BCUT2D eigenvalue weighted by atomic mass is 10.2. The second kappa shape index (κ2) is 6.71. The van der Waals surface area contributed by atoms with E-state index in [9.17, 15) is 17.6 Å². The van der Waals surface area contributed by atoms with Gasteiger partial charge in [0.1, 0.15) is 5.56 Å². The molecule has 0 bridgehead atoms. The first-order valence-corrected chi connectivity index (χ1v) is 10.2. The Morgan fingerprint density at radius 1 is 1.25 bits per heavy atom. The molecule has 3 aromatic rings. The number of nitrogens with one attached hydrogen (secondary N) is 1. The summed E-state index contributed by atoms with van der Waals surface area (Å²) in [6, 6.07) is 1.70. The predicted molar refractivity (Wildman–Crippen MR) is 100 cm³/mol. The van der Waals surface area contributed by atoms with Gasteiger partial charge in [-0.2, -0.15) is 0 Å². The number of pyridine rings is 1. The summed E-state index contributed by atoms with van der Waals surface area (Å²) in [5.74, 6) is -1.20. The monoisotopic (exact) mass is 405 g/mol. The minimum atomic E-state index is -3.04. The number of carbonyl (C=O) groups is 1. The van der Waals surface area contributed by atoms with Crippen molar-refractivity contribution in [1.82, 2.24) is 19.6 Å². The number of hydrogen-bond acceptors (Lipinski definition) is 8. The topological polar surface area (TPSA) is 136 Å². The van der Waals surface area contributed by atoms with Gasteiger partial charge in [0.05, 0.1) is 41.5 Å². The van der Waals surface area contributed by atoms with Crippen LogP contribution in [-0.4, -0.2) is 58.5 Å². The molecule has 4 heterocycles. The largest absolute Gasteiger partial charge is 0.381 e. The van der Waals surface area contributed by atoms with Crippen LogP contribution < -0.4 is 16.0 Å². The highest BCUT2D eigenvalue weighted by Gasteiger charge is 2.25. The van der Waals surface area contributed by atoms with Crippen molar-refractivity contribution in [1.29, 1.82) is 0 Å². The molecule has 146 valence electrons. The van der Waals surface area contributed by atoms with E-state index >= 15 is 0 Å². The zero-order chi connectivity index (χ0) is 19.9. The zero-order valence-corrected chi connectivity index (χ0v) is 15.4. The molecule has 1 aliphatic rings. The lowest BCUT2D eigenvalue weighted by Crippen LogP contribution is -2.40. The minimum absolute atomic E-state index is 0.0102. The van der Waals surface area contributed by atoms with Crippen LogP contribution in [0.2, 0.25) is 0 Å². The molecule has 12 heteroatoms. The second-order valence-electron chi connectivity index (χ2n) is 6.29. The molecule has 1 fully saturated rings. The maximum atomic E-state index is 13.3. The molecule has 10 nitrogen and oxygen atoms in total. The summed E-state index contributed by atoms with van der Waals surface area (Å²) in [7, 11) is -3.04. The van der Waals surface area contributed by atoms with Gasteiger partial charge in [0.2, 0.25) is 0 Å². The van der Waals surface area contributed by atoms with Crippen molar-refractivity contribution in [3.05, 3.63) is 42.2 Å². The highest BCUT2D eigenvalue weighted by Crippen LogP contribution is 2.27. The second-order valence-corrected chi connectivity index (χ2v) is 8.59.